The monoisotopic (exact) mass is 418 g/mol. The van der Waals surface area contributed by atoms with Crippen molar-refractivity contribution in [1.82, 2.24) is 4.90 Å². The van der Waals surface area contributed by atoms with E-state index < -0.39 is 6.04 Å². The number of anilines is 1. The van der Waals surface area contributed by atoms with Crippen LogP contribution < -0.4 is 14.8 Å². The van der Waals surface area contributed by atoms with Crippen LogP contribution in [0.2, 0.25) is 0 Å². The van der Waals surface area contributed by atoms with Gasteiger partial charge in [0.25, 0.3) is 0 Å². The summed E-state index contributed by atoms with van der Waals surface area (Å²) in [7, 11) is 5.22. The number of ether oxygens (including phenoxy) is 2. The molecule has 1 N–H and O–H groups in total. The molecule has 0 saturated carbocycles. The number of methoxy groups -OCH3 is 2. The maximum Gasteiger partial charge on any atom is 0.246 e. The summed E-state index contributed by atoms with van der Waals surface area (Å²) >= 11 is 0. The standard InChI is InChI=1S/C26H30N2O3/c1-18-11-13-23(30-4)21(15-18)17-28(3)25(20-9-7-6-8-10-20)26(29)27-22-16-19(2)12-14-24(22)31-5/h6-16,25H,17H2,1-5H3,(H,27,29)/t25-/m0/s1. The summed E-state index contributed by atoms with van der Waals surface area (Å²) < 4.78 is 11.0. The van der Waals surface area contributed by atoms with Gasteiger partial charge in [0, 0.05) is 12.1 Å². The molecule has 3 rings (SSSR count). The van der Waals surface area contributed by atoms with E-state index in [0.717, 1.165) is 28.0 Å². The molecule has 31 heavy (non-hydrogen) atoms. The molecule has 5 nitrogen and oxygen atoms in total. The van der Waals surface area contributed by atoms with E-state index in [2.05, 4.69) is 11.4 Å². The number of benzene rings is 3. The number of aryl methyl sites for hydroxylation is 2. The number of hydrogen-bond donors (Lipinski definition) is 1. The molecule has 0 unspecified atom stereocenters. The van der Waals surface area contributed by atoms with Crippen LogP contribution in [-0.4, -0.2) is 32.1 Å². The third-order valence-corrected chi connectivity index (χ3v) is 5.27. The molecule has 162 valence electrons. The minimum absolute atomic E-state index is 0.121. The number of hydrogen-bond acceptors (Lipinski definition) is 4. The Balaban J connectivity index is 1.93. The molecular formula is C26H30N2O3. The largest absolute Gasteiger partial charge is 0.496 e. The van der Waals surface area contributed by atoms with Gasteiger partial charge in [0.2, 0.25) is 5.91 Å². The van der Waals surface area contributed by atoms with Gasteiger partial charge in [-0.15, -0.1) is 0 Å². The minimum atomic E-state index is -0.489. The maximum atomic E-state index is 13.5. The highest BCUT2D eigenvalue weighted by Gasteiger charge is 2.27. The van der Waals surface area contributed by atoms with E-state index in [4.69, 9.17) is 9.47 Å². The zero-order valence-electron chi connectivity index (χ0n) is 18.8. The Morgan fingerprint density at radius 3 is 2.16 bits per heavy atom. The number of carbonyl (C=O) groups excluding carboxylic acids is 1. The van der Waals surface area contributed by atoms with Crippen molar-refractivity contribution in [2.24, 2.45) is 0 Å². The summed E-state index contributed by atoms with van der Waals surface area (Å²) in [5, 5.41) is 3.07. The Labute approximate surface area is 184 Å². The molecule has 3 aromatic rings. The summed E-state index contributed by atoms with van der Waals surface area (Å²) in [6.45, 7) is 4.59. The average molecular weight is 419 g/mol. The molecule has 0 aliphatic carbocycles. The van der Waals surface area contributed by atoms with E-state index >= 15 is 0 Å². The van der Waals surface area contributed by atoms with E-state index in [9.17, 15) is 4.79 Å². The summed E-state index contributed by atoms with van der Waals surface area (Å²) in [4.78, 5) is 15.5. The van der Waals surface area contributed by atoms with Crippen LogP contribution in [-0.2, 0) is 11.3 Å². The van der Waals surface area contributed by atoms with Gasteiger partial charge in [0.1, 0.15) is 17.5 Å². The Morgan fingerprint density at radius 1 is 0.903 bits per heavy atom. The van der Waals surface area contributed by atoms with Crippen molar-refractivity contribution >= 4 is 11.6 Å². The van der Waals surface area contributed by atoms with Crippen molar-refractivity contribution in [3.05, 3.63) is 89.0 Å². The molecule has 0 aliphatic rings. The fraction of sp³-hybridized carbons (Fsp3) is 0.269. The van der Waals surface area contributed by atoms with Crippen molar-refractivity contribution in [3.63, 3.8) is 0 Å². The molecule has 3 aromatic carbocycles. The first-order valence-electron chi connectivity index (χ1n) is 10.3. The van der Waals surface area contributed by atoms with Crippen molar-refractivity contribution in [2.75, 3.05) is 26.6 Å². The van der Waals surface area contributed by atoms with Crippen molar-refractivity contribution < 1.29 is 14.3 Å². The third-order valence-electron chi connectivity index (χ3n) is 5.27. The Kier molecular flexibility index (Phi) is 7.32. The van der Waals surface area contributed by atoms with Crippen molar-refractivity contribution in [3.8, 4) is 11.5 Å². The highest BCUT2D eigenvalue weighted by atomic mass is 16.5. The van der Waals surface area contributed by atoms with E-state index in [-0.39, 0.29) is 5.91 Å². The van der Waals surface area contributed by atoms with Crippen LogP contribution in [0.4, 0.5) is 5.69 Å². The summed E-state index contributed by atoms with van der Waals surface area (Å²) in [5.74, 6) is 1.32. The third kappa shape index (κ3) is 5.44. The number of likely N-dealkylation sites (N-methyl/N-ethyl adjacent to an activating group) is 1. The van der Waals surface area contributed by atoms with E-state index in [1.54, 1.807) is 14.2 Å². The second-order valence-electron chi connectivity index (χ2n) is 7.74. The first kappa shape index (κ1) is 22.4. The Bertz CT molecular complexity index is 1030. The zero-order valence-corrected chi connectivity index (χ0v) is 18.8. The van der Waals surface area contributed by atoms with Crippen molar-refractivity contribution in [1.29, 1.82) is 0 Å². The molecule has 0 fully saturated rings. The normalized spacial score (nSPS) is 11.8. The van der Waals surface area contributed by atoms with Crippen LogP contribution in [0.5, 0.6) is 11.5 Å². The maximum absolute atomic E-state index is 13.5. The molecule has 0 radical (unpaired) electrons. The van der Waals surface area contributed by atoms with Gasteiger partial charge in [0.15, 0.2) is 0 Å². The van der Waals surface area contributed by atoms with Gasteiger partial charge >= 0.3 is 0 Å². The molecule has 1 amide bonds. The van der Waals surface area contributed by atoms with Crippen LogP contribution >= 0.6 is 0 Å². The lowest BCUT2D eigenvalue weighted by Gasteiger charge is -2.28. The Morgan fingerprint density at radius 2 is 1.52 bits per heavy atom. The number of carbonyl (C=O) groups is 1. The highest BCUT2D eigenvalue weighted by Crippen LogP contribution is 2.30. The van der Waals surface area contributed by atoms with Gasteiger partial charge < -0.3 is 14.8 Å². The molecule has 0 bridgehead atoms. The quantitative estimate of drug-likeness (QED) is 0.551. The fourth-order valence-electron chi connectivity index (χ4n) is 3.75. The van der Waals surface area contributed by atoms with E-state index in [1.165, 1.54) is 0 Å². The smallest absolute Gasteiger partial charge is 0.246 e. The summed E-state index contributed by atoms with van der Waals surface area (Å²) in [5.41, 5.74) is 4.81. The fourth-order valence-corrected chi connectivity index (χ4v) is 3.75. The molecule has 0 spiro atoms. The van der Waals surface area contributed by atoms with Gasteiger partial charge in [-0.25, -0.2) is 0 Å². The van der Waals surface area contributed by atoms with Gasteiger partial charge in [-0.2, -0.15) is 0 Å². The van der Waals surface area contributed by atoms with E-state index in [0.29, 0.717) is 18.0 Å². The van der Waals surface area contributed by atoms with Crippen molar-refractivity contribution in [2.45, 2.75) is 26.4 Å². The lowest BCUT2D eigenvalue weighted by Crippen LogP contribution is -2.34. The molecule has 0 saturated heterocycles. The molecule has 0 heterocycles. The molecule has 0 aliphatic heterocycles. The lowest BCUT2D eigenvalue weighted by atomic mass is 10.0. The lowest BCUT2D eigenvalue weighted by molar-refractivity contribution is -0.121. The highest BCUT2D eigenvalue weighted by molar-refractivity contribution is 5.96. The van der Waals surface area contributed by atoms with Gasteiger partial charge in [-0.3, -0.25) is 9.69 Å². The number of amides is 1. The van der Waals surface area contributed by atoms with Crippen LogP contribution in [0.1, 0.15) is 28.3 Å². The molecule has 0 aromatic heterocycles. The predicted molar refractivity (Wildman–Crippen MR) is 125 cm³/mol. The van der Waals surface area contributed by atoms with Crippen LogP contribution in [0.15, 0.2) is 66.7 Å². The van der Waals surface area contributed by atoms with E-state index in [1.807, 2.05) is 86.5 Å². The first-order valence-corrected chi connectivity index (χ1v) is 10.3. The zero-order chi connectivity index (χ0) is 22.4. The summed E-state index contributed by atoms with van der Waals surface area (Å²) in [6, 6.07) is 21.1. The van der Waals surface area contributed by atoms with Crippen LogP contribution in [0.3, 0.4) is 0 Å². The Hall–Kier alpha value is -3.31. The second kappa shape index (κ2) is 10.1. The number of nitrogens with one attached hydrogen (secondary N) is 1. The molecule has 1 atom stereocenters. The average Bonchev–Trinajstić information content (AvgIpc) is 2.75. The molecule has 5 heteroatoms. The topological polar surface area (TPSA) is 50.8 Å². The second-order valence-corrected chi connectivity index (χ2v) is 7.74. The predicted octanol–water partition coefficient (Wildman–Crippen LogP) is 5.13. The van der Waals surface area contributed by atoms with Gasteiger partial charge in [-0.1, -0.05) is 54.1 Å². The van der Waals surface area contributed by atoms with Crippen LogP contribution in [0.25, 0.3) is 0 Å². The van der Waals surface area contributed by atoms with Crippen LogP contribution in [0, 0.1) is 13.8 Å². The summed E-state index contributed by atoms with van der Waals surface area (Å²) in [6.07, 6.45) is 0. The van der Waals surface area contributed by atoms with Gasteiger partial charge in [0.05, 0.1) is 19.9 Å². The minimum Gasteiger partial charge on any atom is -0.496 e. The molecular weight excluding hydrogens is 388 g/mol. The number of rotatable bonds is 8. The van der Waals surface area contributed by atoms with Gasteiger partial charge in [-0.05, 0) is 50.2 Å². The SMILES string of the molecule is COc1ccc(C)cc1CN(C)[C@H](C(=O)Nc1cc(C)ccc1OC)c1ccccc1. The number of nitrogens with zero attached hydrogens (tertiary/aromatic N) is 1. The first-order chi connectivity index (χ1) is 14.9.